The summed E-state index contributed by atoms with van der Waals surface area (Å²) < 4.78 is 38.0. The van der Waals surface area contributed by atoms with Crippen LogP contribution in [0, 0.1) is 5.92 Å². The van der Waals surface area contributed by atoms with Crippen molar-refractivity contribution in [1.29, 1.82) is 0 Å². The highest BCUT2D eigenvalue weighted by atomic mass is 19.4. The molecule has 1 aromatic heterocycles. The molecule has 2 heterocycles. The minimum atomic E-state index is -4.10. The lowest BCUT2D eigenvalue weighted by Crippen LogP contribution is -2.41. The molecule has 1 aromatic rings. The maximum atomic E-state index is 12.7. The number of piperidine rings is 1. The summed E-state index contributed by atoms with van der Waals surface area (Å²) in [5.74, 6) is -0.823. The number of nitrogen functional groups attached to an aromatic ring is 1. The van der Waals surface area contributed by atoms with Gasteiger partial charge in [-0.25, -0.2) is 4.98 Å². The minimum Gasteiger partial charge on any atom is -0.383 e. The number of halogens is 3. The number of rotatable bonds is 2. The topological polar surface area (TPSA) is 42.1 Å². The van der Waals surface area contributed by atoms with Gasteiger partial charge in [-0.05, 0) is 25.5 Å². The number of nitrogens with two attached hydrogens (primary N) is 1. The maximum Gasteiger partial charge on any atom is 0.393 e. The molecule has 100 valence electrons. The van der Waals surface area contributed by atoms with E-state index < -0.39 is 12.1 Å². The van der Waals surface area contributed by atoms with Crippen molar-refractivity contribution in [3.05, 3.63) is 23.9 Å². The first-order chi connectivity index (χ1) is 8.47. The van der Waals surface area contributed by atoms with E-state index in [4.69, 9.17) is 5.73 Å². The zero-order valence-electron chi connectivity index (χ0n) is 9.95. The van der Waals surface area contributed by atoms with Gasteiger partial charge in [0.1, 0.15) is 5.82 Å². The maximum absolute atomic E-state index is 12.7. The average Bonchev–Trinajstić information content (AvgIpc) is 2.31. The van der Waals surface area contributed by atoms with Gasteiger partial charge in [0.2, 0.25) is 0 Å². The van der Waals surface area contributed by atoms with Gasteiger partial charge in [-0.15, -0.1) is 0 Å². The van der Waals surface area contributed by atoms with E-state index in [-0.39, 0.29) is 13.0 Å². The molecule has 1 fully saturated rings. The molecule has 2 N–H and O–H groups in total. The molecule has 0 amide bonds. The number of pyridine rings is 1. The first-order valence-corrected chi connectivity index (χ1v) is 5.95. The Kier molecular flexibility index (Phi) is 3.75. The van der Waals surface area contributed by atoms with Gasteiger partial charge in [0.15, 0.2) is 0 Å². The summed E-state index contributed by atoms with van der Waals surface area (Å²) in [4.78, 5) is 5.74. The second-order valence-corrected chi connectivity index (χ2v) is 4.66. The molecule has 18 heavy (non-hydrogen) atoms. The highest BCUT2D eigenvalue weighted by molar-refractivity contribution is 5.38. The summed E-state index contributed by atoms with van der Waals surface area (Å²) in [7, 11) is 0. The Balaban J connectivity index is 2.00. The third kappa shape index (κ3) is 3.13. The fourth-order valence-electron chi connectivity index (χ4n) is 2.29. The molecule has 0 spiro atoms. The van der Waals surface area contributed by atoms with E-state index in [2.05, 4.69) is 4.98 Å². The van der Waals surface area contributed by atoms with Crippen LogP contribution in [0.2, 0.25) is 0 Å². The van der Waals surface area contributed by atoms with Crippen LogP contribution in [0.3, 0.4) is 0 Å². The Morgan fingerprint density at radius 2 is 2.22 bits per heavy atom. The molecule has 0 aliphatic carbocycles. The molecule has 0 saturated carbocycles. The summed E-state index contributed by atoms with van der Waals surface area (Å²) in [6.07, 6.45) is -1.72. The zero-order chi connectivity index (χ0) is 13.2. The molecule has 6 heteroatoms. The van der Waals surface area contributed by atoms with E-state index in [0.717, 1.165) is 5.56 Å². The lowest BCUT2D eigenvalue weighted by atomic mass is 9.97. The van der Waals surface area contributed by atoms with Gasteiger partial charge in [0.05, 0.1) is 5.92 Å². The van der Waals surface area contributed by atoms with Crippen LogP contribution in [0.15, 0.2) is 18.3 Å². The van der Waals surface area contributed by atoms with E-state index >= 15 is 0 Å². The van der Waals surface area contributed by atoms with Crippen LogP contribution in [0.4, 0.5) is 19.0 Å². The summed E-state index contributed by atoms with van der Waals surface area (Å²) in [6.45, 7) is 1.17. The van der Waals surface area contributed by atoms with Gasteiger partial charge in [0, 0.05) is 24.8 Å². The van der Waals surface area contributed by atoms with Gasteiger partial charge in [-0.2, -0.15) is 13.2 Å². The third-order valence-corrected chi connectivity index (χ3v) is 3.29. The largest absolute Gasteiger partial charge is 0.393 e. The zero-order valence-corrected chi connectivity index (χ0v) is 9.95. The van der Waals surface area contributed by atoms with Crippen LogP contribution in [0.5, 0.6) is 0 Å². The molecule has 1 unspecified atom stereocenters. The quantitative estimate of drug-likeness (QED) is 0.887. The molecule has 3 nitrogen and oxygen atoms in total. The number of anilines is 1. The van der Waals surface area contributed by atoms with Gasteiger partial charge in [0.25, 0.3) is 0 Å². The summed E-state index contributed by atoms with van der Waals surface area (Å²) in [6, 6.07) is 3.55. The van der Waals surface area contributed by atoms with Crippen molar-refractivity contribution in [3.8, 4) is 0 Å². The average molecular weight is 259 g/mol. The van der Waals surface area contributed by atoms with Crippen LogP contribution in [-0.4, -0.2) is 29.1 Å². The molecule has 0 bridgehead atoms. The molecule has 0 radical (unpaired) electrons. The second-order valence-electron chi connectivity index (χ2n) is 4.66. The minimum absolute atomic E-state index is 0.0534. The van der Waals surface area contributed by atoms with Gasteiger partial charge in [-0.1, -0.05) is 6.07 Å². The molecule has 1 atom stereocenters. The number of hydrogen-bond acceptors (Lipinski definition) is 3. The van der Waals surface area contributed by atoms with E-state index in [9.17, 15) is 13.2 Å². The Morgan fingerprint density at radius 3 is 2.89 bits per heavy atom. The monoisotopic (exact) mass is 259 g/mol. The molecule has 0 aromatic carbocycles. The summed E-state index contributed by atoms with van der Waals surface area (Å²) in [5, 5.41) is 0. The molecule has 2 rings (SSSR count). The van der Waals surface area contributed by atoms with Crippen molar-refractivity contribution < 1.29 is 13.2 Å². The Labute approximate surface area is 104 Å². The second kappa shape index (κ2) is 5.14. The Morgan fingerprint density at radius 1 is 1.44 bits per heavy atom. The van der Waals surface area contributed by atoms with Crippen molar-refractivity contribution in [2.45, 2.75) is 25.6 Å². The van der Waals surface area contributed by atoms with Crippen molar-refractivity contribution in [1.82, 2.24) is 9.88 Å². The number of hydrogen-bond donors (Lipinski definition) is 1. The van der Waals surface area contributed by atoms with Gasteiger partial charge < -0.3 is 5.73 Å². The number of nitrogens with zero attached hydrogens (tertiary/aromatic N) is 2. The van der Waals surface area contributed by atoms with Crippen LogP contribution >= 0.6 is 0 Å². The van der Waals surface area contributed by atoms with Crippen molar-refractivity contribution in [3.63, 3.8) is 0 Å². The Bertz CT molecular complexity index is 406. The van der Waals surface area contributed by atoms with Crippen LogP contribution in [0.25, 0.3) is 0 Å². The predicted molar refractivity (Wildman–Crippen MR) is 62.7 cm³/mol. The first-order valence-electron chi connectivity index (χ1n) is 5.95. The van der Waals surface area contributed by atoms with Gasteiger partial charge in [-0.3, -0.25) is 4.90 Å². The molecule has 1 saturated heterocycles. The van der Waals surface area contributed by atoms with Crippen LogP contribution in [-0.2, 0) is 6.54 Å². The lowest BCUT2D eigenvalue weighted by Gasteiger charge is -2.33. The smallest absolute Gasteiger partial charge is 0.383 e. The Hall–Kier alpha value is -1.30. The van der Waals surface area contributed by atoms with Gasteiger partial charge >= 0.3 is 6.18 Å². The summed E-state index contributed by atoms with van der Waals surface area (Å²) in [5.41, 5.74) is 6.49. The van der Waals surface area contributed by atoms with E-state index in [1.165, 1.54) is 0 Å². The third-order valence-electron chi connectivity index (χ3n) is 3.29. The number of likely N-dealkylation sites (tertiary alicyclic amines) is 1. The highest BCUT2D eigenvalue weighted by Crippen LogP contribution is 2.33. The summed E-state index contributed by atoms with van der Waals surface area (Å²) >= 11 is 0. The van der Waals surface area contributed by atoms with E-state index in [1.807, 2.05) is 0 Å². The van der Waals surface area contributed by atoms with Crippen molar-refractivity contribution in [2.24, 2.45) is 5.92 Å². The molecule has 1 aliphatic rings. The normalized spacial score (nSPS) is 22.1. The van der Waals surface area contributed by atoms with E-state index in [0.29, 0.717) is 25.3 Å². The van der Waals surface area contributed by atoms with Crippen LogP contribution in [0.1, 0.15) is 18.4 Å². The fraction of sp³-hybridized carbons (Fsp3) is 0.583. The first kappa shape index (κ1) is 13.1. The SMILES string of the molecule is Nc1ncccc1CN1CCCC(C(F)(F)F)C1. The lowest BCUT2D eigenvalue weighted by molar-refractivity contribution is -0.187. The standard InChI is InChI=1S/C12H16F3N3/c13-12(14,15)10-4-2-6-18(8-10)7-9-3-1-5-17-11(9)16/h1,3,5,10H,2,4,6-8H2,(H2,16,17). The number of aromatic nitrogens is 1. The predicted octanol–water partition coefficient (Wildman–Crippen LogP) is 2.44. The van der Waals surface area contributed by atoms with Crippen molar-refractivity contribution in [2.75, 3.05) is 18.8 Å². The van der Waals surface area contributed by atoms with Crippen LogP contribution < -0.4 is 5.73 Å². The van der Waals surface area contributed by atoms with E-state index in [1.54, 1.807) is 23.2 Å². The molecule has 1 aliphatic heterocycles. The molecular weight excluding hydrogens is 243 g/mol. The fourth-order valence-corrected chi connectivity index (χ4v) is 2.29. The number of alkyl halides is 3. The van der Waals surface area contributed by atoms with Crippen molar-refractivity contribution >= 4 is 5.82 Å². The molecular formula is C12H16F3N3. The highest BCUT2D eigenvalue weighted by Gasteiger charge is 2.41.